The second-order valence-electron chi connectivity index (χ2n) is 18.0. The van der Waals surface area contributed by atoms with Gasteiger partial charge in [-0.1, -0.05) is 68.4 Å². The van der Waals surface area contributed by atoms with E-state index in [1.54, 1.807) is 26.0 Å². The van der Waals surface area contributed by atoms with Crippen molar-refractivity contribution in [1.82, 2.24) is 47.2 Å². The fourth-order valence-corrected chi connectivity index (χ4v) is 8.11. The molecule has 0 unspecified atom stereocenters. The minimum atomic E-state index is -1.46. The smallest absolute Gasteiger partial charge is 0.244 e. The van der Waals surface area contributed by atoms with Crippen LogP contribution in [-0.4, -0.2) is 140 Å². The molecule has 4 aromatic rings. The summed E-state index contributed by atoms with van der Waals surface area (Å²) in [6.07, 6.45) is 2.16. The fourth-order valence-electron chi connectivity index (χ4n) is 7.59. The van der Waals surface area contributed by atoms with Gasteiger partial charge in [0.2, 0.25) is 47.3 Å². The predicted octanol–water partition coefficient (Wildman–Crippen LogP) is -1.47. The second kappa shape index (κ2) is 29.1. The first kappa shape index (κ1) is 58.8. The van der Waals surface area contributed by atoms with E-state index in [4.69, 9.17) is 17.2 Å². The highest BCUT2D eigenvalue weighted by atomic mass is 32.1. The number of amides is 8. The van der Waals surface area contributed by atoms with Crippen molar-refractivity contribution in [1.29, 1.82) is 0 Å². The average Bonchev–Trinajstić information content (AvgIpc) is 3.88. The number of primary amides is 1. The third-order valence-electron chi connectivity index (χ3n) is 11.8. The van der Waals surface area contributed by atoms with Gasteiger partial charge in [0.25, 0.3) is 0 Å². The molecule has 0 saturated carbocycles. The summed E-state index contributed by atoms with van der Waals surface area (Å²) < 4.78 is 0. The molecular weight excluding hydrogens is 981 g/mol. The van der Waals surface area contributed by atoms with Crippen molar-refractivity contribution in [3.63, 3.8) is 0 Å². The van der Waals surface area contributed by atoms with E-state index < -0.39 is 108 Å². The van der Waals surface area contributed by atoms with Gasteiger partial charge in [0.1, 0.15) is 48.0 Å². The number of phenols is 1. The highest BCUT2D eigenvalue weighted by molar-refractivity contribution is 7.80. The number of nitrogens with two attached hydrogens (primary N) is 3. The molecule has 16 N–H and O–H groups in total. The van der Waals surface area contributed by atoms with Gasteiger partial charge < -0.3 is 69.6 Å². The average molecular weight is 1050 g/mol. The van der Waals surface area contributed by atoms with Crippen LogP contribution in [0.25, 0.3) is 10.8 Å². The third kappa shape index (κ3) is 18.4. The van der Waals surface area contributed by atoms with E-state index in [1.165, 1.54) is 31.6 Å². The SMILES string of the molecule is CC(C)[C@H](NC(=O)[C@H](CCCCN)NC(=O)[C@@H](Cc1cnc[nH]1)NC(=O)[C@H](Cc1ccc(O)cc1)NC(=O)[C@H](CS)NC(=O)[C@@H](N)Cc1ccc2ccccc2c1)C(=O)N[C@@H](CS)C(=O)N[C@H](C(N)=O)[C@@H](C)O. The lowest BCUT2D eigenvalue weighted by molar-refractivity contribution is -0.136. The second-order valence-corrected chi connectivity index (χ2v) is 18.7. The van der Waals surface area contributed by atoms with Gasteiger partial charge in [0, 0.05) is 36.2 Å². The first-order valence-electron chi connectivity index (χ1n) is 23.7. The van der Waals surface area contributed by atoms with Gasteiger partial charge in [-0.3, -0.25) is 38.4 Å². The van der Waals surface area contributed by atoms with E-state index >= 15 is 0 Å². The van der Waals surface area contributed by atoms with Crippen LogP contribution < -0.4 is 54.4 Å². The maximum Gasteiger partial charge on any atom is 0.244 e. The summed E-state index contributed by atoms with van der Waals surface area (Å²) in [6, 6.07) is 8.88. The van der Waals surface area contributed by atoms with Crippen LogP contribution in [0, 0.1) is 5.92 Å². The number of hydrogen-bond donors (Lipinski definition) is 15. The van der Waals surface area contributed by atoms with Gasteiger partial charge >= 0.3 is 0 Å². The molecular formula is C49H68N12O10S2. The van der Waals surface area contributed by atoms with Crippen molar-refractivity contribution < 1.29 is 48.6 Å². The lowest BCUT2D eigenvalue weighted by Crippen LogP contribution is -2.62. The predicted molar refractivity (Wildman–Crippen MR) is 280 cm³/mol. The maximum atomic E-state index is 14.4. The number of aliphatic hydroxyl groups is 1. The van der Waals surface area contributed by atoms with Crippen molar-refractivity contribution in [3.8, 4) is 5.75 Å². The van der Waals surface area contributed by atoms with Gasteiger partial charge in [-0.2, -0.15) is 25.3 Å². The lowest BCUT2D eigenvalue weighted by Gasteiger charge is -2.29. The zero-order chi connectivity index (χ0) is 53.8. The molecule has 3 aromatic carbocycles. The number of phenolic OH excluding ortho intramolecular Hbond substituents is 1. The number of fused-ring (bicyclic) bond motifs is 1. The van der Waals surface area contributed by atoms with E-state index in [0.29, 0.717) is 24.1 Å². The Bertz CT molecular complexity index is 2500. The van der Waals surface area contributed by atoms with Gasteiger partial charge in [0.05, 0.1) is 18.5 Å². The highest BCUT2D eigenvalue weighted by Gasteiger charge is 2.35. The van der Waals surface area contributed by atoms with Crippen LogP contribution in [0.15, 0.2) is 79.3 Å². The minimum absolute atomic E-state index is 0.0454. The topological polar surface area (TPSA) is 368 Å². The van der Waals surface area contributed by atoms with Crippen LogP contribution in [0.1, 0.15) is 56.9 Å². The number of thiol groups is 2. The number of nitrogens with zero attached hydrogens (tertiary/aromatic N) is 1. The Balaban J connectivity index is 1.54. The first-order chi connectivity index (χ1) is 34.7. The Morgan fingerprint density at radius 1 is 0.616 bits per heavy atom. The van der Waals surface area contributed by atoms with Gasteiger partial charge in [-0.15, -0.1) is 0 Å². The van der Waals surface area contributed by atoms with Crippen LogP contribution >= 0.6 is 25.3 Å². The summed E-state index contributed by atoms with van der Waals surface area (Å²) in [5.74, 6) is -7.59. The number of aromatic amines is 1. The Morgan fingerprint density at radius 3 is 1.70 bits per heavy atom. The molecule has 0 spiro atoms. The van der Waals surface area contributed by atoms with Crippen LogP contribution in [0.5, 0.6) is 5.75 Å². The molecule has 0 aliphatic carbocycles. The van der Waals surface area contributed by atoms with Crippen molar-refractivity contribution in [3.05, 3.63) is 96.1 Å². The van der Waals surface area contributed by atoms with Crippen molar-refractivity contribution in [2.75, 3.05) is 18.1 Å². The molecule has 0 radical (unpaired) electrons. The van der Waals surface area contributed by atoms with Crippen LogP contribution in [0.4, 0.5) is 0 Å². The zero-order valence-electron chi connectivity index (χ0n) is 40.9. The molecule has 0 aliphatic rings. The minimum Gasteiger partial charge on any atom is -0.508 e. The number of unbranched alkanes of at least 4 members (excludes halogenated alkanes) is 1. The monoisotopic (exact) mass is 1050 g/mol. The van der Waals surface area contributed by atoms with E-state index in [9.17, 15) is 48.6 Å². The number of H-pyrrole nitrogens is 1. The zero-order valence-corrected chi connectivity index (χ0v) is 42.7. The number of benzene rings is 3. The normalized spacial score (nSPS) is 15.0. The molecule has 9 atom stereocenters. The Kier molecular flexibility index (Phi) is 23.4. The number of nitrogens with one attached hydrogen (secondary N) is 8. The van der Waals surface area contributed by atoms with Gasteiger partial charge in [0.15, 0.2) is 0 Å². The summed E-state index contributed by atoms with van der Waals surface area (Å²) in [6.45, 7) is 4.78. The first-order valence-corrected chi connectivity index (χ1v) is 25.0. The largest absolute Gasteiger partial charge is 0.508 e. The number of rotatable bonds is 29. The molecule has 0 bridgehead atoms. The van der Waals surface area contributed by atoms with E-state index in [1.807, 2.05) is 42.5 Å². The molecule has 1 aromatic heterocycles. The Labute approximate surface area is 434 Å². The number of hydrogen-bond acceptors (Lipinski definition) is 15. The number of aromatic hydroxyl groups is 1. The van der Waals surface area contributed by atoms with E-state index in [2.05, 4.69) is 72.4 Å². The number of aliphatic hydroxyl groups excluding tert-OH is 1. The molecule has 4 rings (SSSR count). The molecule has 0 saturated heterocycles. The Hall–Kier alpha value is -6.73. The summed E-state index contributed by atoms with van der Waals surface area (Å²) in [5, 5.41) is 40.1. The standard InChI is InChI=1S/C49H68N12O10S2/c1-26(2)40(49(71)59-39(24-73)48(70)61-41(27(3)62)42(52)64)60-44(66)35(10-6-7-17-50)55-46(68)37(21-32-22-53-25-54-32)57-45(67)36(20-28-12-15-33(63)16-13-28)56-47(69)38(23-72)58-43(65)34(51)19-29-11-14-30-8-4-5-9-31(30)18-29/h4-5,8-9,11-16,18,22,25-27,34-41,62-63,72-73H,6-7,10,17,19-21,23-24,50-51H2,1-3H3,(H2,52,64)(H,53,54)(H,55,68)(H,56,69)(H,57,67)(H,58,65)(H,59,71)(H,60,66)(H,61,70)/t27-,34+,35+,36+,37-,38+,39+,40+,41+/m1/s1. The highest BCUT2D eigenvalue weighted by Crippen LogP contribution is 2.17. The summed E-state index contributed by atoms with van der Waals surface area (Å²) in [7, 11) is 0. The number of carbonyl (C=O) groups is 8. The number of imidazole rings is 1. The Morgan fingerprint density at radius 2 is 1.14 bits per heavy atom. The maximum absolute atomic E-state index is 14.4. The van der Waals surface area contributed by atoms with Gasteiger partial charge in [-0.25, -0.2) is 4.98 Å². The molecule has 24 heteroatoms. The molecule has 396 valence electrons. The molecule has 8 amide bonds. The molecule has 1 heterocycles. The molecule has 0 fully saturated rings. The van der Waals surface area contributed by atoms with Gasteiger partial charge in [-0.05, 0) is 79.1 Å². The summed E-state index contributed by atoms with van der Waals surface area (Å²) in [4.78, 5) is 116. The lowest BCUT2D eigenvalue weighted by atomic mass is 10.0. The summed E-state index contributed by atoms with van der Waals surface area (Å²) >= 11 is 8.48. The van der Waals surface area contributed by atoms with Crippen molar-refractivity contribution >= 4 is 83.3 Å². The quantitative estimate of drug-likeness (QED) is 0.0219. The van der Waals surface area contributed by atoms with E-state index in [0.717, 1.165) is 16.3 Å². The molecule has 22 nitrogen and oxygen atoms in total. The summed E-state index contributed by atoms with van der Waals surface area (Å²) in [5.41, 5.74) is 19.1. The van der Waals surface area contributed by atoms with Crippen LogP contribution in [-0.2, 0) is 57.6 Å². The molecule has 73 heavy (non-hydrogen) atoms. The van der Waals surface area contributed by atoms with Crippen LogP contribution in [0.3, 0.4) is 0 Å². The van der Waals surface area contributed by atoms with E-state index in [-0.39, 0.29) is 49.5 Å². The molecule has 0 aliphatic heterocycles. The van der Waals surface area contributed by atoms with Crippen LogP contribution in [0.2, 0.25) is 0 Å². The third-order valence-corrected chi connectivity index (χ3v) is 12.5. The fraction of sp³-hybridized carbons (Fsp3) is 0.449. The van der Waals surface area contributed by atoms with Crippen molar-refractivity contribution in [2.45, 2.75) is 114 Å². The number of carbonyl (C=O) groups excluding carboxylic acids is 8. The number of aromatic nitrogens is 2. The van der Waals surface area contributed by atoms with Crippen molar-refractivity contribution in [2.24, 2.45) is 23.1 Å².